The number of carbonyl (C=O) groups is 1. The summed E-state index contributed by atoms with van der Waals surface area (Å²) >= 11 is 0. The van der Waals surface area contributed by atoms with Gasteiger partial charge < -0.3 is 20.7 Å². The number of nitrogens with zero attached hydrogens (tertiary/aromatic N) is 2. The highest BCUT2D eigenvalue weighted by molar-refractivity contribution is 5.81. The molecule has 2 aliphatic rings. The van der Waals surface area contributed by atoms with Gasteiger partial charge in [0.2, 0.25) is 5.91 Å². The smallest absolute Gasteiger partial charge is 0.223 e. The zero-order valence-corrected chi connectivity index (χ0v) is 15.3. The van der Waals surface area contributed by atoms with Crippen molar-refractivity contribution in [2.24, 2.45) is 16.8 Å². The number of hydrogen-bond acceptors (Lipinski definition) is 4. The van der Waals surface area contributed by atoms with Crippen molar-refractivity contribution in [3.63, 3.8) is 0 Å². The summed E-state index contributed by atoms with van der Waals surface area (Å²) in [6, 6.07) is 0.460. The number of hydrogen-bond donors (Lipinski definition) is 3. The predicted octanol–water partition coefficient (Wildman–Crippen LogP) is 0.0344. The predicted molar refractivity (Wildman–Crippen MR) is 96.1 cm³/mol. The zero-order valence-electron chi connectivity index (χ0n) is 15.3. The first-order chi connectivity index (χ1) is 11.6. The molecule has 0 aromatic heterocycles. The van der Waals surface area contributed by atoms with Gasteiger partial charge in [-0.3, -0.25) is 14.7 Å². The number of guanidine groups is 1. The summed E-state index contributed by atoms with van der Waals surface area (Å²) in [5.41, 5.74) is 0. The fourth-order valence-corrected chi connectivity index (χ4v) is 2.97. The Kier molecular flexibility index (Phi) is 7.78. The maximum Gasteiger partial charge on any atom is 0.223 e. The number of aliphatic imine (C=N–C) groups is 1. The number of ether oxygens (including phenoxy) is 1. The first-order valence-corrected chi connectivity index (χ1v) is 9.16. The average Bonchev–Trinajstić information content (AvgIpc) is 3.42. The lowest BCUT2D eigenvalue weighted by Crippen LogP contribution is -2.53. The zero-order chi connectivity index (χ0) is 17.4. The molecule has 1 saturated carbocycles. The second-order valence-corrected chi connectivity index (χ2v) is 6.90. The normalized spacial score (nSPS) is 20.8. The minimum absolute atomic E-state index is 0.187. The molecular formula is C17H33N5O2. The van der Waals surface area contributed by atoms with Crippen LogP contribution in [0.15, 0.2) is 4.99 Å². The Balaban J connectivity index is 1.67. The molecule has 0 spiro atoms. The fourth-order valence-electron chi connectivity index (χ4n) is 2.97. The van der Waals surface area contributed by atoms with Crippen LogP contribution in [0.25, 0.3) is 0 Å². The Labute approximate surface area is 145 Å². The van der Waals surface area contributed by atoms with Gasteiger partial charge in [0, 0.05) is 51.7 Å². The van der Waals surface area contributed by atoms with E-state index in [-0.39, 0.29) is 11.8 Å². The minimum atomic E-state index is 0.187. The SMILES string of the molecule is CN=C(NCCNC(=O)C1CC1)NCC(C(C)C)N1CCOCC1. The van der Waals surface area contributed by atoms with E-state index in [4.69, 9.17) is 4.74 Å². The van der Waals surface area contributed by atoms with Gasteiger partial charge in [-0.05, 0) is 18.8 Å². The Morgan fingerprint density at radius 3 is 2.42 bits per heavy atom. The van der Waals surface area contributed by atoms with Crippen LogP contribution in [0, 0.1) is 11.8 Å². The van der Waals surface area contributed by atoms with Crippen molar-refractivity contribution in [1.82, 2.24) is 20.9 Å². The molecule has 1 amide bonds. The van der Waals surface area contributed by atoms with Gasteiger partial charge in [-0.1, -0.05) is 13.8 Å². The van der Waals surface area contributed by atoms with E-state index >= 15 is 0 Å². The lowest BCUT2D eigenvalue weighted by molar-refractivity contribution is -0.122. The van der Waals surface area contributed by atoms with Crippen molar-refractivity contribution in [2.75, 3.05) is 53.0 Å². The summed E-state index contributed by atoms with van der Waals surface area (Å²) in [6.45, 7) is 10.3. The van der Waals surface area contributed by atoms with Crippen LogP contribution < -0.4 is 16.0 Å². The first kappa shape index (κ1) is 19.0. The highest BCUT2D eigenvalue weighted by Crippen LogP contribution is 2.28. The van der Waals surface area contributed by atoms with E-state index in [2.05, 4.69) is 39.7 Å². The summed E-state index contributed by atoms with van der Waals surface area (Å²) in [6.07, 6.45) is 2.08. The number of nitrogens with one attached hydrogen (secondary N) is 3. The van der Waals surface area contributed by atoms with Gasteiger partial charge in [-0.15, -0.1) is 0 Å². The van der Waals surface area contributed by atoms with E-state index in [1.807, 2.05) is 0 Å². The molecule has 1 atom stereocenters. The summed E-state index contributed by atoms with van der Waals surface area (Å²) in [4.78, 5) is 18.3. The number of amides is 1. The molecule has 7 nitrogen and oxygen atoms in total. The van der Waals surface area contributed by atoms with E-state index in [0.29, 0.717) is 25.0 Å². The molecule has 0 bridgehead atoms. The molecule has 138 valence electrons. The summed E-state index contributed by atoms with van der Waals surface area (Å²) < 4.78 is 5.45. The van der Waals surface area contributed by atoms with Crippen LogP contribution in [0.1, 0.15) is 26.7 Å². The van der Waals surface area contributed by atoms with Gasteiger partial charge in [-0.2, -0.15) is 0 Å². The van der Waals surface area contributed by atoms with Crippen LogP contribution >= 0.6 is 0 Å². The van der Waals surface area contributed by atoms with Crippen molar-refractivity contribution < 1.29 is 9.53 Å². The van der Waals surface area contributed by atoms with Crippen LogP contribution in [0.5, 0.6) is 0 Å². The molecule has 24 heavy (non-hydrogen) atoms. The van der Waals surface area contributed by atoms with Crippen LogP contribution in [0.2, 0.25) is 0 Å². The molecule has 1 aliphatic carbocycles. The van der Waals surface area contributed by atoms with Crippen LogP contribution in [-0.2, 0) is 9.53 Å². The van der Waals surface area contributed by atoms with Gasteiger partial charge >= 0.3 is 0 Å². The second kappa shape index (κ2) is 9.84. The Bertz CT molecular complexity index is 417. The standard InChI is InChI=1S/C17H33N5O2/c1-13(2)15(22-8-10-24-11-9-22)12-21-17(18-3)20-7-6-19-16(23)14-4-5-14/h13-15H,4-12H2,1-3H3,(H,19,23)(H2,18,20,21). The quantitative estimate of drug-likeness (QED) is 0.330. The average molecular weight is 339 g/mol. The van der Waals surface area contributed by atoms with E-state index in [1.54, 1.807) is 7.05 Å². The van der Waals surface area contributed by atoms with Crippen molar-refractivity contribution >= 4 is 11.9 Å². The first-order valence-electron chi connectivity index (χ1n) is 9.16. The van der Waals surface area contributed by atoms with Crippen molar-refractivity contribution in [2.45, 2.75) is 32.7 Å². The number of carbonyl (C=O) groups excluding carboxylic acids is 1. The third-order valence-electron chi connectivity index (χ3n) is 4.65. The third-order valence-corrected chi connectivity index (χ3v) is 4.65. The molecular weight excluding hydrogens is 306 g/mol. The Morgan fingerprint density at radius 2 is 1.83 bits per heavy atom. The van der Waals surface area contributed by atoms with Crippen LogP contribution in [-0.4, -0.2) is 75.8 Å². The van der Waals surface area contributed by atoms with Gasteiger partial charge in [0.1, 0.15) is 0 Å². The Morgan fingerprint density at radius 1 is 1.17 bits per heavy atom. The molecule has 0 radical (unpaired) electrons. The molecule has 0 aromatic carbocycles. The number of rotatable bonds is 8. The lowest BCUT2D eigenvalue weighted by Gasteiger charge is -2.37. The fraction of sp³-hybridized carbons (Fsp3) is 0.882. The summed E-state index contributed by atoms with van der Waals surface area (Å²) in [5, 5.41) is 9.63. The molecule has 1 heterocycles. The summed E-state index contributed by atoms with van der Waals surface area (Å²) in [7, 11) is 1.78. The largest absolute Gasteiger partial charge is 0.379 e. The van der Waals surface area contributed by atoms with E-state index < -0.39 is 0 Å². The lowest BCUT2D eigenvalue weighted by atomic mass is 10.0. The van der Waals surface area contributed by atoms with Crippen molar-refractivity contribution in [3.05, 3.63) is 0 Å². The van der Waals surface area contributed by atoms with Gasteiger partial charge in [-0.25, -0.2) is 0 Å². The van der Waals surface area contributed by atoms with Gasteiger partial charge in [0.15, 0.2) is 5.96 Å². The highest BCUT2D eigenvalue weighted by Gasteiger charge is 2.29. The van der Waals surface area contributed by atoms with Crippen LogP contribution in [0.4, 0.5) is 0 Å². The van der Waals surface area contributed by atoms with Crippen LogP contribution in [0.3, 0.4) is 0 Å². The maximum atomic E-state index is 11.6. The van der Waals surface area contributed by atoms with E-state index in [9.17, 15) is 4.79 Å². The highest BCUT2D eigenvalue weighted by atomic mass is 16.5. The van der Waals surface area contributed by atoms with Gasteiger partial charge in [0.05, 0.1) is 13.2 Å². The third kappa shape index (κ3) is 6.28. The van der Waals surface area contributed by atoms with E-state index in [0.717, 1.165) is 51.6 Å². The molecule has 2 fully saturated rings. The number of morpholine rings is 1. The van der Waals surface area contributed by atoms with Crippen molar-refractivity contribution in [3.8, 4) is 0 Å². The van der Waals surface area contributed by atoms with Gasteiger partial charge in [0.25, 0.3) is 0 Å². The molecule has 7 heteroatoms. The topological polar surface area (TPSA) is 78.0 Å². The van der Waals surface area contributed by atoms with E-state index in [1.165, 1.54) is 0 Å². The molecule has 0 aromatic rings. The molecule has 1 unspecified atom stereocenters. The summed E-state index contributed by atoms with van der Waals surface area (Å²) in [5.74, 6) is 1.80. The monoisotopic (exact) mass is 339 g/mol. The minimum Gasteiger partial charge on any atom is -0.379 e. The molecule has 1 saturated heterocycles. The molecule has 1 aliphatic heterocycles. The second-order valence-electron chi connectivity index (χ2n) is 6.90. The Hall–Kier alpha value is -1.34. The molecule has 2 rings (SSSR count). The maximum absolute atomic E-state index is 11.6. The molecule has 3 N–H and O–H groups in total. The van der Waals surface area contributed by atoms with Crippen molar-refractivity contribution in [1.29, 1.82) is 0 Å².